The molecule has 0 radical (unpaired) electrons. The first kappa shape index (κ1) is 14.4. The van der Waals surface area contributed by atoms with E-state index in [0.29, 0.717) is 6.54 Å². The van der Waals surface area contributed by atoms with Gasteiger partial charge in [0.05, 0.1) is 13.2 Å². The Morgan fingerprint density at radius 3 is 2.89 bits per heavy atom. The minimum Gasteiger partial charge on any atom is -0.496 e. The Morgan fingerprint density at radius 1 is 1.42 bits per heavy atom. The highest BCUT2D eigenvalue weighted by atomic mass is 16.5. The Kier molecular flexibility index (Phi) is 5.23. The summed E-state index contributed by atoms with van der Waals surface area (Å²) in [4.78, 5) is 2.54. The zero-order valence-electron chi connectivity index (χ0n) is 12.1. The second-order valence-electron chi connectivity index (χ2n) is 5.40. The predicted molar refractivity (Wildman–Crippen MR) is 79.4 cm³/mol. The number of nitrogens with two attached hydrogens (primary N) is 1. The van der Waals surface area contributed by atoms with Crippen molar-refractivity contribution in [3.05, 3.63) is 29.8 Å². The first-order valence-corrected chi connectivity index (χ1v) is 7.37. The van der Waals surface area contributed by atoms with Crippen LogP contribution in [0.3, 0.4) is 0 Å². The summed E-state index contributed by atoms with van der Waals surface area (Å²) in [6.45, 7) is 5.25. The number of hydrogen-bond donors (Lipinski definition) is 1. The van der Waals surface area contributed by atoms with Gasteiger partial charge < -0.3 is 10.5 Å². The Morgan fingerprint density at radius 2 is 2.21 bits per heavy atom. The van der Waals surface area contributed by atoms with Crippen molar-refractivity contribution in [2.24, 2.45) is 11.7 Å². The van der Waals surface area contributed by atoms with Crippen LogP contribution in [-0.2, 0) is 0 Å². The van der Waals surface area contributed by atoms with Gasteiger partial charge in [0.15, 0.2) is 0 Å². The number of methoxy groups -OCH3 is 1. The SMILES string of the molecule is CCC1CCCN(C(CN)c2ccccc2OC)C1. The number of ether oxygens (including phenoxy) is 1. The molecule has 2 atom stereocenters. The average molecular weight is 262 g/mol. The fourth-order valence-corrected chi connectivity index (χ4v) is 3.13. The molecular formula is C16H26N2O. The molecule has 3 heteroatoms. The number of para-hydroxylation sites is 1. The Balaban J connectivity index is 2.19. The third-order valence-corrected chi connectivity index (χ3v) is 4.29. The molecule has 1 fully saturated rings. The highest BCUT2D eigenvalue weighted by Crippen LogP contribution is 2.32. The van der Waals surface area contributed by atoms with Crippen molar-refractivity contribution in [2.45, 2.75) is 32.2 Å². The van der Waals surface area contributed by atoms with E-state index in [4.69, 9.17) is 10.5 Å². The Bertz CT molecular complexity index is 394. The van der Waals surface area contributed by atoms with E-state index in [1.807, 2.05) is 12.1 Å². The van der Waals surface area contributed by atoms with E-state index in [9.17, 15) is 0 Å². The van der Waals surface area contributed by atoms with E-state index in [2.05, 4.69) is 24.0 Å². The molecule has 2 rings (SSSR count). The monoisotopic (exact) mass is 262 g/mol. The molecule has 1 aromatic carbocycles. The molecule has 1 aliphatic heterocycles. The first-order chi connectivity index (χ1) is 9.30. The van der Waals surface area contributed by atoms with Crippen LogP contribution in [0.1, 0.15) is 37.8 Å². The third kappa shape index (κ3) is 3.28. The standard InChI is InChI=1S/C16H26N2O/c1-3-13-7-6-10-18(12-13)15(11-17)14-8-4-5-9-16(14)19-2/h4-5,8-9,13,15H,3,6-7,10-12,17H2,1-2H3. The van der Waals surface area contributed by atoms with Gasteiger partial charge in [-0.05, 0) is 31.4 Å². The number of rotatable bonds is 5. The van der Waals surface area contributed by atoms with Crippen molar-refractivity contribution in [2.75, 3.05) is 26.7 Å². The van der Waals surface area contributed by atoms with Crippen molar-refractivity contribution >= 4 is 0 Å². The van der Waals surface area contributed by atoms with E-state index < -0.39 is 0 Å². The summed E-state index contributed by atoms with van der Waals surface area (Å²) in [7, 11) is 1.73. The maximum atomic E-state index is 6.05. The van der Waals surface area contributed by atoms with Gasteiger partial charge in [-0.2, -0.15) is 0 Å². The zero-order valence-corrected chi connectivity index (χ0v) is 12.1. The minimum absolute atomic E-state index is 0.283. The molecule has 2 N–H and O–H groups in total. The Labute approximate surface area is 116 Å². The first-order valence-electron chi connectivity index (χ1n) is 7.37. The lowest BCUT2D eigenvalue weighted by molar-refractivity contribution is 0.122. The normalized spacial score (nSPS) is 22.2. The van der Waals surface area contributed by atoms with Crippen LogP contribution >= 0.6 is 0 Å². The molecule has 0 saturated carbocycles. The lowest BCUT2D eigenvalue weighted by Crippen LogP contribution is -2.41. The van der Waals surface area contributed by atoms with Gasteiger partial charge in [0.2, 0.25) is 0 Å². The molecule has 106 valence electrons. The fourth-order valence-electron chi connectivity index (χ4n) is 3.13. The zero-order chi connectivity index (χ0) is 13.7. The van der Waals surface area contributed by atoms with Crippen LogP contribution in [0, 0.1) is 5.92 Å². The van der Waals surface area contributed by atoms with Crippen LogP contribution in [0.15, 0.2) is 24.3 Å². The average Bonchev–Trinajstić information content (AvgIpc) is 2.49. The van der Waals surface area contributed by atoms with Crippen LogP contribution < -0.4 is 10.5 Å². The van der Waals surface area contributed by atoms with Crippen molar-refractivity contribution in [1.29, 1.82) is 0 Å². The van der Waals surface area contributed by atoms with Gasteiger partial charge in [0.25, 0.3) is 0 Å². The molecule has 0 aromatic heterocycles. The molecule has 1 heterocycles. The molecular weight excluding hydrogens is 236 g/mol. The van der Waals surface area contributed by atoms with Gasteiger partial charge in [-0.3, -0.25) is 4.90 Å². The second-order valence-corrected chi connectivity index (χ2v) is 5.40. The van der Waals surface area contributed by atoms with Gasteiger partial charge in [0.1, 0.15) is 5.75 Å². The highest BCUT2D eigenvalue weighted by Gasteiger charge is 2.26. The lowest BCUT2D eigenvalue weighted by Gasteiger charge is -2.38. The molecule has 0 spiro atoms. The van der Waals surface area contributed by atoms with E-state index >= 15 is 0 Å². The van der Waals surface area contributed by atoms with Crippen LogP contribution in [0.2, 0.25) is 0 Å². The summed E-state index contributed by atoms with van der Waals surface area (Å²) in [5, 5.41) is 0. The molecule has 19 heavy (non-hydrogen) atoms. The van der Waals surface area contributed by atoms with E-state index in [1.54, 1.807) is 7.11 Å². The van der Waals surface area contributed by atoms with Crippen LogP contribution in [0.25, 0.3) is 0 Å². The number of piperidine rings is 1. The van der Waals surface area contributed by atoms with Gasteiger partial charge in [-0.15, -0.1) is 0 Å². The van der Waals surface area contributed by atoms with Crippen molar-refractivity contribution < 1.29 is 4.74 Å². The largest absolute Gasteiger partial charge is 0.496 e. The molecule has 2 unspecified atom stereocenters. The van der Waals surface area contributed by atoms with Crippen molar-refractivity contribution in [3.8, 4) is 5.75 Å². The quantitative estimate of drug-likeness (QED) is 0.887. The number of hydrogen-bond acceptors (Lipinski definition) is 3. The van der Waals surface area contributed by atoms with Crippen LogP contribution in [0.4, 0.5) is 0 Å². The van der Waals surface area contributed by atoms with E-state index in [1.165, 1.54) is 24.8 Å². The smallest absolute Gasteiger partial charge is 0.123 e. The molecule has 1 aromatic rings. The second kappa shape index (κ2) is 6.92. The van der Waals surface area contributed by atoms with Crippen LogP contribution in [-0.4, -0.2) is 31.6 Å². The maximum absolute atomic E-state index is 6.05. The number of benzene rings is 1. The maximum Gasteiger partial charge on any atom is 0.123 e. The molecule has 1 aliphatic rings. The summed E-state index contributed by atoms with van der Waals surface area (Å²) >= 11 is 0. The molecule has 1 saturated heterocycles. The molecule has 3 nitrogen and oxygen atoms in total. The summed E-state index contributed by atoms with van der Waals surface area (Å²) in [6, 6.07) is 8.54. The molecule has 0 amide bonds. The van der Waals surface area contributed by atoms with Gasteiger partial charge in [0, 0.05) is 18.7 Å². The number of nitrogens with zero attached hydrogens (tertiary/aromatic N) is 1. The van der Waals surface area contributed by atoms with Gasteiger partial charge in [-0.1, -0.05) is 31.5 Å². The number of likely N-dealkylation sites (tertiary alicyclic amines) is 1. The topological polar surface area (TPSA) is 38.5 Å². The highest BCUT2D eigenvalue weighted by molar-refractivity contribution is 5.36. The third-order valence-electron chi connectivity index (χ3n) is 4.29. The summed E-state index contributed by atoms with van der Waals surface area (Å²) in [6.07, 6.45) is 3.90. The van der Waals surface area contributed by atoms with Crippen molar-refractivity contribution in [1.82, 2.24) is 4.90 Å². The summed E-state index contributed by atoms with van der Waals surface area (Å²) in [5.41, 5.74) is 7.28. The summed E-state index contributed by atoms with van der Waals surface area (Å²) < 4.78 is 5.49. The predicted octanol–water partition coefficient (Wildman–Crippen LogP) is 2.82. The van der Waals surface area contributed by atoms with Gasteiger partial charge in [-0.25, -0.2) is 0 Å². The van der Waals surface area contributed by atoms with E-state index in [-0.39, 0.29) is 6.04 Å². The lowest BCUT2D eigenvalue weighted by atomic mass is 9.93. The Hall–Kier alpha value is -1.06. The molecule has 0 bridgehead atoms. The van der Waals surface area contributed by atoms with Crippen molar-refractivity contribution in [3.63, 3.8) is 0 Å². The minimum atomic E-state index is 0.283. The van der Waals surface area contributed by atoms with Gasteiger partial charge >= 0.3 is 0 Å². The summed E-state index contributed by atoms with van der Waals surface area (Å²) in [5.74, 6) is 1.77. The van der Waals surface area contributed by atoms with E-state index in [0.717, 1.165) is 24.8 Å². The fraction of sp³-hybridized carbons (Fsp3) is 0.625. The van der Waals surface area contributed by atoms with Crippen LogP contribution in [0.5, 0.6) is 5.75 Å². The molecule has 0 aliphatic carbocycles.